The summed E-state index contributed by atoms with van der Waals surface area (Å²) in [6.45, 7) is 15.1. The molecule has 0 bridgehead atoms. The third kappa shape index (κ3) is 4.08. The molecule has 0 spiro atoms. The zero-order valence-corrected chi connectivity index (χ0v) is 12.2. The minimum absolute atomic E-state index is 0.279. The lowest BCUT2D eigenvalue weighted by molar-refractivity contribution is 0.193. The highest BCUT2D eigenvalue weighted by Gasteiger charge is 2.50. The molecule has 0 aromatic heterocycles. The summed E-state index contributed by atoms with van der Waals surface area (Å²) in [6, 6.07) is 0. The van der Waals surface area contributed by atoms with Crippen molar-refractivity contribution < 1.29 is 0 Å². The molecule has 0 aromatic carbocycles. The van der Waals surface area contributed by atoms with Crippen molar-refractivity contribution in [1.29, 1.82) is 0 Å². The summed E-state index contributed by atoms with van der Waals surface area (Å²) in [5.74, 6) is 0. The van der Waals surface area contributed by atoms with Crippen molar-refractivity contribution in [3.63, 3.8) is 0 Å². The highest BCUT2D eigenvalue weighted by molar-refractivity contribution is 5.01. The van der Waals surface area contributed by atoms with Crippen LogP contribution in [-0.4, -0.2) is 12.1 Å². The molecule has 16 heavy (non-hydrogen) atoms. The van der Waals surface area contributed by atoms with Crippen molar-refractivity contribution in [2.75, 3.05) is 6.54 Å². The Balaban J connectivity index is 2.13. The van der Waals surface area contributed by atoms with Gasteiger partial charge in [0.25, 0.3) is 0 Å². The van der Waals surface area contributed by atoms with Crippen LogP contribution in [0.3, 0.4) is 0 Å². The summed E-state index contributed by atoms with van der Waals surface area (Å²) in [4.78, 5) is 0. The molecule has 1 saturated carbocycles. The van der Waals surface area contributed by atoms with Crippen LogP contribution < -0.4 is 5.32 Å². The van der Waals surface area contributed by atoms with Crippen molar-refractivity contribution in [3.8, 4) is 0 Å². The Labute approximate surface area is 102 Å². The zero-order chi connectivity index (χ0) is 12.4. The Kier molecular flexibility index (Phi) is 4.10. The molecule has 0 aromatic rings. The summed E-state index contributed by atoms with van der Waals surface area (Å²) < 4.78 is 0. The van der Waals surface area contributed by atoms with Crippen LogP contribution in [0.5, 0.6) is 0 Å². The summed E-state index contributed by atoms with van der Waals surface area (Å²) in [6.07, 6.45) is 7.07. The molecule has 1 fully saturated rings. The molecule has 1 aliphatic rings. The maximum Gasteiger partial charge on any atom is 0.00965 e. The van der Waals surface area contributed by atoms with Crippen LogP contribution in [0.15, 0.2) is 0 Å². The van der Waals surface area contributed by atoms with Crippen LogP contribution in [0.4, 0.5) is 0 Å². The molecule has 0 atom stereocenters. The molecule has 0 amide bonds. The molecule has 1 aliphatic carbocycles. The smallest absolute Gasteiger partial charge is 0.00965 e. The molecule has 0 unspecified atom stereocenters. The van der Waals surface area contributed by atoms with Crippen molar-refractivity contribution in [2.24, 2.45) is 10.8 Å². The van der Waals surface area contributed by atoms with Crippen molar-refractivity contribution in [3.05, 3.63) is 0 Å². The average Bonchev–Trinajstić information content (AvgIpc) is 2.81. The van der Waals surface area contributed by atoms with Gasteiger partial charge in [-0.15, -0.1) is 0 Å². The van der Waals surface area contributed by atoms with Crippen molar-refractivity contribution in [1.82, 2.24) is 5.32 Å². The largest absolute Gasteiger partial charge is 0.312 e. The van der Waals surface area contributed by atoms with E-state index in [1.807, 2.05) is 0 Å². The first-order valence-corrected chi connectivity index (χ1v) is 6.91. The molecule has 1 nitrogen and oxygen atoms in total. The number of rotatable bonds is 5. The van der Waals surface area contributed by atoms with E-state index in [0.717, 1.165) is 0 Å². The van der Waals surface area contributed by atoms with E-state index in [-0.39, 0.29) is 5.54 Å². The lowest BCUT2D eigenvalue weighted by atomic mass is 9.75. The first-order chi connectivity index (χ1) is 7.16. The second-order valence-corrected chi connectivity index (χ2v) is 7.66. The van der Waals surface area contributed by atoms with Crippen LogP contribution in [-0.2, 0) is 0 Å². The fourth-order valence-corrected chi connectivity index (χ4v) is 2.58. The number of nitrogens with one attached hydrogen (secondary N) is 1. The predicted molar refractivity (Wildman–Crippen MR) is 72.7 cm³/mol. The predicted octanol–water partition coefficient (Wildman–Crippen LogP) is 4.37. The standard InChI is InChI=1S/C15H31N/c1-13(2,3)15(10-11-15)9-7-8-12-16-14(4,5)6/h16H,7-12H2,1-6H3. The van der Waals surface area contributed by atoms with Gasteiger partial charge in [-0.05, 0) is 63.8 Å². The Hall–Kier alpha value is -0.0400. The summed E-state index contributed by atoms with van der Waals surface area (Å²) in [7, 11) is 0. The first kappa shape index (κ1) is 14.0. The summed E-state index contributed by atoms with van der Waals surface area (Å²) in [5, 5.41) is 3.57. The van der Waals surface area contributed by atoms with Gasteiger partial charge < -0.3 is 5.32 Å². The molecule has 0 radical (unpaired) electrons. The van der Waals surface area contributed by atoms with Gasteiger partial charge in [-0.25, -0.2) is 0 Å². The highest BCUT2D eigenvalue weighted by atomic mass is 14.9. The lowest BCUT2D eigenvalue weighted by Crippen LogP contribution is -2.36. The monoisotopic (exact) mass is 225 g/mol. The van der Waals surface area contributed by atoms with E-state index in [2.05, 4.69) is 46.9 Å². The highest BCUT2D eigenvalue weighted by Crippen LogP contribution is 2.61. The van der Waals surface area contributed by atoms with E-state index in [1.165, 1.54) is 38.6 Å². The fraction of sp³-hybridized carbons (Fsp3) is 1.00. The van der Waals surface area contributed by atoms with Crippen LogP contribution in [0.2, 0.25) is 0 Å². The zero-order valence-electron chi connectivity index (χ0n) is 12.2. The van der Waals surface area contributed by atoms with Gasteiger partial charge in [0.15, 0.2) is 0 Å². The molecule has 0 saturated heterocycles. The maximum atomic E-state index is 3.57. The van der Waals surface area contributed by atoms with Crippen LogP contribution in [0.25, 0.3) is 0 Å². The molecule has 1 N–H and O–H groups in total. The van der Waals surface area contributed by atoms with Gasteiger partial charge in [-0.2, -0.15) is 0 Å². The minimum Gasteiger partial charge on any atom is -0.312 e. The van der Waals surface area contributed by atoms with Crippen LogP contribution in [0, 0.1) is 10.8 Å². The van der Waals surface area contributed by atoms with E-state index in [1.54, 1.807) is 0 Å². The topological polar surface area (TPSA) is 12.0 Å². The Morgan fingerprint density at radius 3 is 1.88 bits per heavy atom. The van der Waals surface area contributed by atoms with Crippen LogP contribution >= 0.6 is 0 Å². The molecule has 0 heterocycles. The van der Waals surface area contributed by atoms with Gasteiger partial charge in [0.1, 0.15) is 0 Å². The molecule has 1 heteroatoms. The SMILES string of the molecule is CC(C)(C)NCCCCC1(C(C)(C)C)CC1. The van der Waals surface area contributed by atoms with E-state index in [0.29, 0.717) is 10.8 Å². The van der Waals surface area contributed by atoms with E-state index >= 15 is 0 Å². The maximum absolute atomic E-state index is 3.57. The quantitative estimate of drug-likeness (QED) is 0.685. The molecular formula is C15H31N. The lowest BCUT2D eigenvalue weighted by Gasteiger charge is -2.31. The number of unbranched alkanes of at least 4 members (excludes halogenated alkanes) is 1. The normalized spacial score (nSPS) is 19.9. The molecule has 0 aliphatic heterocycles. The molecular weight excluding hydrogens is 194 g/mol. The average molecular weight is 225 g/mol. The third-order valence-electron chi connectivity index (χ3n) is 4.18. The van der Waals surface area contributed by atoms with Gasteiger partial charge in [0.05, 0.1) is 0 Å². The molecule has 1 rings (SSSR count). The van der Waals surface area contributed by atoms with Crippen molar-refractivity contribution >= 4 is 0 Å². The summed E-state index contributed by atoms with van der Waals surface area (Å²) >= 11 is 0. The summed E-state index contributed by atoms with van der Waals surface area (Å²) in [5.41, 5.74) is 1.49. The van der Waals surface area contributed by atoms with Gasteiger partial charge in [0, 0.05) is 5.54 Å². The third-order valence-corrected chi connectivity index (χ3v) is 4.18. The van der Waals surface area contributed by atoms with Crippen molar-refractivity contribution in [2.45, 2.75) is 79.2 Å². The van der Waals surface area contributed by atoms with Gasteiger partial charge >= 0.3 is 0 Å². The van der Waals surface area contributed by atoms with Gasteiger partial charge in [-0.1, -0.05) is 27.2 Å². The minimum atomic E-state index is 0.279. The first-order valence-electron chi connectivity index (χ1n) is 6.91. The second kappa shape index (κ2) is 4.68. The van der Waals surface area contributed by atoms with Crippen LogP contribution in [0.1, 0.15) is 73.6 Å². The van der Waals surface area contributed by atoms with E-state index in [9.17, 15) is 0 Å². The Morgan fingerprint density at radius 2 is 1.50 bits per heavy atom. The van der Waals surface area contributed by atoms with E-state index in [4.69, 9.17) is 0 Å². The number of hydrogen-bond acceptors (Lipinski definition) is 1. The van der Waals surface area contributed by atoms with E-state index < -0.39 is 0 Å². The Morgan fingerprint density at radius 1 is 0.938 bits per heavy atom. The van der Waals surface area contributed by atoms with Gasteiger partial charge in [-0.3, -0.25) is 0 Å². The second-order valence-electron chi connectivity index (χ2n) is 7.66. The fourth-order valence-electron chi connectivity index (χ4n) is 2.58. The number of hydrogen-bond donors (Lipinski definition) is 1. The van der Waals surface area contributed by atoms with Gasteiger partial charge in [0.2, 0.25) is 0 Å². The Bertz CT molecular complexity index is 213. The molecule has 96 valence electrons.